The van der Waals surface area contributed by atoms with E-state index in [1.807, 2.05) is 0 Å². The highest BCUT2D eigenvalue weighted by Gasteiger charge is 2.33. The highest BCUT2D eigenvalue weighted by Crippen LogP contribution is 2.50. The van der Waals surface area contributed by atoms with Crippen LogP contribution in [0.25, 0.3) is 87.2 Å². The van der Waals surface area contributed by atoms with E-state index in [4.69, 9.17) is 23.7 Å². The van der Waals surface area contributed by atoms with Gasteiger partial charge in [-0.15, -0.1) is 0 Å². The van der Waals surface area contributed by atoms with Crippen LogP contribution in [0.1, 0.15) is 34.5 Å². The summed E-state index contributed by atoms with van der Waals surface area (Å²) in [5, 5.41) is 8.22. The molecule has 0 atom stereocenters. The summed E-state index contributed by atoms with van der Waals surface area (Å²) in [5.74, 6) is 3.10. The van der Waals surface area contributed by atoms with Gasteiger partial charge in [-0.2, -0.15) is 0 Å². The molecule has 8 aromatic carbocycles. The van der Waals surface area contributed by atoms with E-state index in [2.05, 4.69) is 166 Å². The SMILES string of the molecule is COc1ccc(C(OC(c2ccc(OC)c3c2[nH]c2ccccc23)c2ccc(OC)c3c2[nH]c2ccccc23)c2ccc(OC)c3c2[nH]c2ccccc23)c2[nH]c3ccccc3c12. The maximum absolute atomic E-state index is 8.06. The molecule has 9 nitrogen and oxygen atoms in total. The number of rotatable bonds is 10. The fraction of sp³-hybridized carbons (Fsp3) is 0.111. The molecule has 4 heterocycles. The zero-order chi connectivity index (χ0) is 42.3. The number of nitrogens with one attached hydrogen (secondary N) is 4. The highest BCUT2D eigenvalue weighted by molar-refractivity contribution is 6.15. The minimum atomic E-state index is -0.666. The van der Waals surface area contributed by atoms with Gasteiger partial charge in [-0.05, 0) is 48.5 Å². The number of methoxy groups -OCH3 is 4. The van der Waals surface area contributed by atoms with E-state index in [1.54, 1.807) is 28.4 Å². The molecule has 0 spiro atoms. The molecule has 0 radical (unpaired) electrons. The predicted molar refractivity (Wildman–Crippen MR) is 254 cm³/mol. The van der Waals surface area contributed by atoms with Crippen molar-refractivity contribution in [3.8, 4) is 23.0 Å². The van der Waals surface area contributed by atoms with Crippen molar-refractivity contribution in [1.29, 1.82) is 0 Å². The lowest BCUT2D eigenvalue weighted by molar-refractivity contribution is 0.0337. The first kappa shape index (κ1) is 36.9. The average molecular weight is 827 g/mol. The number of hydrogen-bond acceptors (Lipinski definition) is 5. The molecular formula is C54H42N4O5. The first-order valence-electron chi connectivity index (χ1n) is 21.0. The smallest absolute Gasteiger partial charge is 0.128 e. The quantitative estimate of drug-likeness (QED) is 0.110. The number of hydrogen-bond donors (Lipinski definition) is 4. The summed E-state index contributed by atoms with van der Waals surface area (Å²) >= 11 is 0. The Balaban J connectivity index is 1.21. The van der Waals surface area contributed by atoms with Gasteiger partial charge in [-0.25, -0.2) is 0 Å². The number of fused-ring (bicyclic) bond motifs is 12. The van der Waals surface area contributed by atoms with Crippen LogP contribution in [0.15, 0.2) is 146 Å². The van der Waals surface area contributed by atoms with E-state index >= 15 is 0 Å². The molecule has 63 heavy (non-hydrogen) atoms. The lowest BCUT2D eigenvalue weighted by Crippen LogP contribution is -2.15. The minimum absolute atomic E-state index is 0.666. The van der Waals surface area contributed by atoms with Crippen molar-refractivity contribution in [2.45, 2.75) is 12.2 Å². The fourth-order valence-corrected chi connectivity index (χ4v) is 10.1. The number of benzene rings is 8. The van der Waals surface area contributed by atoms with Gasteiger partial charge in [0.05, 0.1) is 50.5 Å². The molecule has 12 aromatic rings. The first-order chi connectivity index (χ1) is 31.1. The van der Waals surface area contributed by atoms with Gasteiger partial charge >= 0.3 is 0 Å². The Morgan fingerprint density at radius 1 is 0.302 bits per heavy atom. The number of aromatic nitrogens is 4. The van der Waals surface area contributed by atoms with Crippen molar-refractivity contribution < 1.29 is 23.7 Å². The summed E-state index contributed by atoms with van der Waals surface area (Å²) in [7, 11) is 6.90. The second-order valence-electron chi connectivity index (χ2n) is 16.0. The Kier molecular flexibility index (Phi) is 8.42. The van der Waals surface area contributed by atoms with Crippen LogP contribution in [0.4, 0.5) is 0 Å². The molecule has 0 aliphatic carbocycles. The largest absolute Gasteiger partial charge is 0.496 e. The maximum Gasteiger partial charge on any atom is 0.128 e. The van der Waals surface area contributed by atoms with Gasteiger partial charge < -0.3 is 43.6 Å². The standard InChI is InChI=1S/C54H42N4O5/c1-59-41-25-21-33(49-45(41)29-13-5-9-17-37(29)55-49)53(34-22-26-42(60-2)46-30-14-6-10-18-38(30)56-50(34)46)63-54(35-23-27-43(61-3)47-31-15-7-11-19-39(31)57-51(35)47)36-24-28-44(62-4)48-32-16-8-12-20-40(32)58-52(36)48/h5-28,53-58H,1-4H3. The summed E-state index contributed by atoms with van der Waals surface area (Å²) in [6.07, 6.45) is -1.33. The van der Waals surface area contributed by atoms with Gasteiger partial charge in [0.2, 0.25) is 0 Å². The van der Waals surface area contributed by atoms with Gasteiger partial charge in [0, 0.05) is 87.4 Å². The Morgan fingerprint density at radius 3 is 0.778 bits per heavy atom. The van der Waals surface area contributed by atoms with E-state index in [-0.39, 0.29) is 0 Å². The van der Waals surface area contributed by atoms with Crippen LogP contribution in [0.5, 0.6) is 23.0 Å². The summed E-state index contributed by atoms with van der Waals surface area (Å²) < 4.78 is 32.4. The minimum Gasteiger partial charge on any atom is -0.496 e. The monoisotopic (exact) mass is 826 g/mol. The van der Waals surface area contributed by atoms with Crippen molar-refractivity contribution in [3.63, 3.8) is 0 Å². The van der Waals surface area contributed by atoms with E-state index in [1.165, 1.54) is 0 Å². The fourth-order valence-electron chi connectivity index (χ4n) is 10.1. The third-order valence-electron chi connectivity index (χ3n) is 12.9. The van der Waals surface area contributed by atoms with Gasteiger partial charge in [0.25, 0.3) is 0 Å². The molecule has 0 bridgehead atoms. The molecule has 4 N–H and O–H groups in total. The Hall–Kier alpha value is -7.88. The number of para-hydroxylation sites is 4. The van der Waals surface area contributed by atoms with Gasteiger partial charge in [-0.1, -0.05) is 97.1 Å². The molecule has 0 unspecified atom stereocenters. The zero-order valence-electron chi connectivity index (χ0n) is 35.1. The van der Waals surface area contributed by atoms with Crippen LogP contribution in [0.3, 0.4) is 0 Å². The Bertz CT molecular complexity index is 3270. The topological polar surface area (TPSA) is 109 Å². The molecule has 0 aliphatic heterocycles. The maximum atomic E-state index is 8.06. The molecule has 0 saturated heterocycles. The van der Waals surface area contributed by atoms with E-state index in [0.717, 1.165) is 132 Å². The van der Waals surface area contributed by atoms with E-state index in [9.17, 15) is 0 Å². The molecule has 0 saturated carbocycles. The van der Waals surface area contributed by atoms with Crippen LogP contribution in [0.2, 0.25) is 0 Å². The number of aromatic amines is 4. The Labute approximate surface area is 361 Å². The first-order valence-corrected chi connectivity index (χ1v) is 21.0. The van der Waals surface area contributed by atoms with Gasteiger partial charge in [0.15, 0.2) is 0 Å². The molecule has 0 amide bonds. The van der Waals surface area contributed by atoms with Crippen molar-refractivity contribution in [2.24, 2.45) is 0 Å². The molecular weight excluding hydrogens is 785 g/mol. The Morgan fingerprint density at radius 2 is 0.540 bits per heavy atom. The second-order valence-corrected chi connectivity index (χ2v) is 16.0. The van der Waals surface area contributed by atoms with Crippen LogP contribution in [-0.2, 0) is 4.74 Å². The molecule has 0 aliphatic rings. The third-order valence-corrected chi connectivity index (χ3v) is 12.9. The van der Waals surface area contributed by atoms with Gasteiger partial charge in [-0.3, -0.25) is 0 Å². The van der Waals surface area contributed by atoms with Crippen LogP contribution >= 0.6 is 0 Å². The number of ether oxygens (including phenoxy) is 5. The predicted octanol–water partition coefficient (Wildman–Crippen LogP) is 13.2. The molecule has 12 rings (SSSR count). The summed E-state index contributed by atoms with van der Waals surface area (Å²) in [5.41, 5.74) is 11.5. The van der Waals surface area contributed by atoms with Crippen molar-refractivity contribution in [3.05, 3.63) is 168 Å². The molecule has 4 aromatic heterocycles. The third kappa shape index (κ3) is 5.46. The lowest BCUT2D eigenvalue weighted by Gasteiger charge is -2.29. The summed E-state index contributed by atoms with van der Waals surface area (Å²) in [4.78, 5) is 15.2. The normalized spacial score (nSPS) is 12.2. The second kappa shape index (κ2) is 14.4. The number of H-pyrrole nitrogens is 4. The lowest BCUT2D eigenvalue weighted by atomic mass is 9.93. The van der Waals surface area contributed by atoms with Crippen molar-refractivity contribution in [1.82, 2.24) is 19.9 Å². The van der Waals surface area contributed by atoms with E-state index in [0.29, 0.717) is 0 Å². The molecule has 9 heteroatoms. The average Bonchev–Trinajstić information content (AvgIpc) is 4.12. The summed E-state index contributed by atoms with van der Waals surface area (Å²) in [6.45, 7) is 0. The summed E-state index contributed by atoms with van der Waals surface area (Å²) in [6, 6.07) is 50.2. The molecule has 0 fully saturated rings. The molecule has 308 valence electrons. The van der Waals surface area contributed by atoms with Crippen molar-refractivity contribution >= 4 is 87.2 Å². The highest BCUT2D eigenvalue weighted by atomic mass is 16.5. The van der Waals surface area contributed by atoms with Crippen LogP contribution in [-0.4, -0.2) is 48.4 Å². The van der Waals surface area contributed by atoms with Gasteiger partial charge in [0.1, 0.15) is 35.2 Å². The van der Waals surface area contributed by atoms with Crippen LogP contribution in [0, 0.1) is 0 Å². The van der Waals surface area contributed by atoms with Crippen molar-refractivity contribution in [2.75, 3.05) is 28.4 Å². The van der Waals surface area contributed by atoms with E-state index < -0.39 is 12.2 Å². The zero-order valence-corrected chi connectivity index (χ0v) is 35.1. The van der Waals surface area contributed by atoms with Crippen LogP contribution < -0.4 is 18.9 Å².